The van der Waals surface area contributed by atoms with Crippen LogP contribution in [0.4, 0.5) is 8.78 Å². The Labute approximate surface area is 188 Å². The third-order valence-corrected chi connectivity index (χ3v) is 5.88. The number of rotatable bonds is 7. The molecule has 1 saturated heterocycles. The van der Waals surface area contributed by atoms with E-state index in [2.05, 4.69) is 10.4 Å². The number of amides is 2. The van der Waals surface area contributed by atoms with Crippen LogP contribution in [0.5, 0.6) is 5.88 Å². The standard InChI is InChI=1S/C22H27F2N5O4/c1-12(2)11-28-20-13(5-8-16(30)27-9-3-4-15(27)18(23)24)10-25-29(20)22(33)17(21(28)32)19(31)26-14-6-7-14/h5,8,10,12,14-15,18,32H,3-4,6-7,9,11H2,1-2H3,(H,26,31)/b8-5+/t15-/m1/s1. The van der Waals surface area contributed by atoms with Gasteiger partial charge in [-0.25, -0.2) is 8.78 Å². The zero-order chi connectivity index (χ0) is 23.9. The molecule has 0 radical (unpaired) electrons. The van der Waals surface area contributed by atoms with Crippen LogP contribution in [0.3, 0.4) is 0 Å². The molecule has 2 fully saturated rings. The summed E-state index contributed by atoms with van der Waals surface area (Å²) in [5.41, 5.74) is -0.603. The molecule has 0 unspecified atom stereocenters. The van der Waals surface area contributed by atoms with Gasteiger partial charge in [-0.2, -0.15) is 9.61 Å². The lowest BCUT2D eigenvalue weighted by molar-refractivity contribution is -0.129. The first-order chi connectivity index (χ1) is 15.7. The van der Waals surface area contributed by atoms with E-state index < -0.39 is 35.7 Å². The lowest BCUT2D eigenvalue weighted by Crippen LogP contribution is -2.38. The van der Waals surface area contributed by atoms with Crippen molar-refractivity contribution in [3.8, 4) is 5.88 Å². The second kappa shape index (κ2) is 8.95. The van der Waals surface area contributed by atoms with Gasteiger partial charge in [-0.3, -0.25) is 19.0 Å². The summed E-state index contributed by atoms with van der Waals surface area (Å²) in [6.45, 7) is 4.35. The number of nitrogens with one attached hydrogen (secondary N) is 1. The van der Waals surface area contributed by atoms with E-state index in [1.54, 1.807) is 0 Å². The van der Waals surface area contributed by atoms with Gasteiger partial charge in [0, 0.05) is 30.8 Å². The van der Waals surface area contributed by atoms with Crippen LogP contribution in [-0.4, -0.2) is 61.1 Å². The summed E-state index contributed by atoms with van der Waals surface area (Å²) in [7, 11) is 0. The maximum atomic E-state index is 13.2. The SMILES string of the molecule is CC(C)Cn1c(O)c(C(=O)NC2CC2)c(=O)n2ncc(/C=C/C(=O)N3CCC[C@@H]3C(F)F)c12. The van der Waals surface area contributed by atoms with Crippen molar-refractivity contribution in [3.05, 3.63) is 33.8 Å². The second-order valence-corrected chi connectivity index (χ2v) is 9.00. The minimum atomic E-state index is -2.62. The zero-order valence-electron chi connectivity index (χ0n) is 18.5. The fraction of sp³-hybridized carbons (Fsp3) is 0.545. The molecule has 3 heterocycles. The van der Waals surface area contributed by atoms with Gasteiger partial charge in [0.15, 0.2) is 5.56 Å². The van der Waals surface area contributed by atoms with E-state index >= 15 is 0 Å². The van der Waals surface area contributed by atoms with Gasteiger partial charge in [0.25, 0.3) is 17.9 Å². The summed E-state index contributed by atoms with van der Waals surface area (Å²) in [5.74, 6) is -1.64. The average Bonchev–Trinajstić information content (AvgIpc) is 3.25. The van der Waals surface area contributed by atoms with Crippen molar-refractivity contribution < 1.29 is 23.5 Å². The highest BCUT2D eigenvalue weighted by Gasteiger charge is 2.34. The number of alkyl halides is 2. The normalized spacial score (nSPS) is 18.8. The van der Waals surface area contributed by atoms with E-state index in [9.17, 15) is 28.3 Å². The molecule has 1 saturated carbocycles. The van der Waals surface area contributed by atoms with Gasteiger partial charge in [0.05, 0.1) is 12.2 Å². The minimum Gasteiger partial charge on any atom is -0.494 e. The quantitative estimate of drug-likeness (QED) is 0.611. The Morgan fingerprint density at radius 3 is 2.67 bits per heavy atom. The van der Waals surface area contributed by atoms with Gasteiger partial charge in [-0.05, 0) is 37.7 Å². The maximum Gasteiger partial charge on any atom is 0.291 e. The number of aromatic hydroxyl groups is 1. The summed E-state index contributed by atoms with van der Waals surface area (Å²) in [6, 6.07) is -1.11. The van der Waals surface area contributed by atoms with Gasteiger partial charge in [0.2, 0.25) is 11.8 Å². The van der Waals surface area contributed by atoms with Crippen LogP contribution in [0.25, 0.3) is 11.7 Å². The van der Waals surface area contributed by atoms with Crippen LogP contribution in [-0.2, 0) is 11.3 Å². The van der Waals surface area contributed by atoms with Crippen molar-refractivity contribution in [1.29, 1.82) is 0 Å². The van der Waals surface area contributed by atoms with Gasteiger partial charge < -0.3 is 15.3 Å². The number of hydrogen-bond acceptors (Lipinski definition) is 5. The van der Waals surface area contributed by atoms with E-state index in [1.165, 1.54) is 22.9 Å². The molecule has 1 aliphatic heterocycles. The summed E-state index contributed by atoms with van der Waals surface area (Å²) in [6.07, 6.45) is 3.70. The van der Waals surface area contributed by atoms with Crippen molar-refractivity contribution in [1.82, 2.24) is 24.4 Å². The highest BCUT2D eigenvalue weighted by atomic mass is 19.3. The fourth-order valence-electron chi connectivity index (χ4n) is 4.13. The van der Waals surface area contributed by atoms with Crippen molar-refractivity contribution in [2.75, 3.05) is 6.54 Å². The first-order valence-corrected chi connectivity index (χ1v) is 11.1. The molecule has 0 aromatic carbocycles. The van der Waals surface area contributed by atoms with Crippen LogP contribution in [0.15, 0.2) is 17.1 Å². The summed E-state index contributed by atoms with van der Waals surface area (Å²) in [4.78, 5) is 39.3. The molecule has 2 N–H and O–H groups in total. The van der Waals surface area contributed by atoms with Crippen molar-refractivity contribution >= 4 is 23.5 Å². The van der Waals surface area contributed by atoms with Crippen LogP contribution in [0.1, 0.15) is 55.5 Å². The van der Waals surface area contributed by atoms with Crippen LogP contribution >= 0.6 is 0 Å². The summed E-state index contributed by atoms with van der Waals surface area (Å²) >= 11 is 0. The average molecular weight is 463 g/mol. The van der Waals surface area contributed by atoms with Crippen LogP contribution in [0, 0.1) is 5.92 Å². The molecule has 0 bridgehead atoms. The van der Waals surface area contributed by atoms with Crippen LogP contribution < -0.4 is 10.9 Å². The molecule has 11 heteroatoms. The molecular formula is C22H27F2N5O4. The Morgan fingerprint density at radius 2 is 2.03 bits per heavy atom. The molecular weight excluding hydrogens is 436 g/mol. The second-order valence-electron chi connectivity index (χ2n) is 9.00. The number of hydrogen-bond donors (Lipinski definition) is 2. The number of aromatic nitrogens is 3. The molecule has 33 heavy (non-hydrogen) atoms. The van der Waals surface area contributed by atoms with E-state index in [-0.39, 0.29) is 42.7 Å². The predicted octanol–water partition coefficient (Wildman–Crippen LogP) is 2.02. The van der Waals surface area contributed by atoms with Gasteiger partial charge in [-0.15, -0.1) is 0 Å². The van der Waals surface area contributed by atoms with Crippen molar-refractivity contribution in [3.63, 3.8) is 0 Å². The lowest BCUT2D eigenvalue weighted by Gasteiger charge is -2.22. The van der Waals surface area contributed by atoms with Gasteiger partial charge in [-0.1, -0.05) is 13.8 Å². The number of halogens is 2. The monoisotopic (exact) mass is 463 g/mol. The molecule has 1 atom stereocenters. The first kappa shape index (κ1) is 22.9. The van der Waals surface area contributed by atoms with Gasteiger partial charge in [0.1, 0.15) is 5.65 Å². The topological polar surface area (TPSA) is 109 Å². The number of fused-ring (bicyclic) bond motifs is 1. The third kappa shape index (κ3) is 4.49. The van der Waals surface area contributed by atoms with E-state index in [0.717, 1.165) is 22.3 Å². The van der Waals surface area contributed by atoms with Crippen LogP contribution in [0.2, 0.25) is 0 Å². The lowest BCUT2D eigenvalue weighted by atomic mass is 10.2. The summed E-state index contributed by atoms with van der Waals surface area (Å²) < 4.78 is 28.8. The van der Waals surface area contributed by atoms with E-state index in [4.69, 9.17) is 0 Å². The fourth-order valence-corrected chi connectivity index (χ4v) is 4.13. The molecule has 178 valence electrons. The molecule has 2 aliphatic rings. The highest BCUT2D eigenvalue weighted by Crippen LogP contribution is 2.26. The van der Waals surface area contributed by atoms with Crippen molar-refractivity contribution in [2.45, 2.75) is 64.6 Å². The Kier molecular flexibility index (Phi) is 6.22. The highest BCUT2D eigenvalue weighted by molar-refractivity contribution is 5.97. The number of carbonyl (C=O) groups is 2. The largest absolute Gasteiger partial charge is 0.494 e. The Hall–Kier alpha value is -3.24. The smallest absolute Gasteiger partial charge is 0.291 e. The Morgan fingerprint density at radius 1 is 1.30 bits per heavy atom. The zero-order valence-corrected chi connectivity index (χ0v) is 18.5. The van der Waals surface area contributed by atoms with Gasteiger partial charge >= 0.3 is 0 Å². The van der Waals surface area contributed by atoms with E-state index in [1.807, 2.05) is 13.8 Å². The summed E-state index contributed by atoms with van der Waals surface area (Å²) in [5, 5.41) is 17.7. The molecule has 2 amide bonds. The molecule has 1 aliphatic carbocycles. The minimum absolute atomic E-state index is 0.00433. The number of carbonyl (C=O) groups excluding carboxylic acids is 2. The maximum absolute atomic E-state index is 13.2. The predicted molar refractivity (Wildman–Crippen MR) is 116 cm³/mol. The molecule has 4 rings (SSSR count). The Bertz CT molecular complexity index is 1170. The molecule has 2 aromatic heterocycles. The number of likely N-dealkylation sites (tertiary alicyclic amines) is 1. The van der Waals surface area contributed by atoms with E-state index in [0.29, 0.717) is 12.0 Å². The van der Waals surface area contributed by atoms with Crippen molar-refractivity contribution in [2.24, 2.45) is 5.92 Å². The Balaban J connectivity index is 1.74. The third-order valence-electron chi connectivity index (χ3n) is 5.88. The molecule has 0 spiro atoms. The molecule has 9 nitrogen and oxygen atoms in total. The first-order valence-electron chi connectivity index (χ1n) is 11.1. The number of nitrogens with zero attached hydrogens (tertiary/aromatic N) is 4. The molecule has 2 aromatic rings.